The molecule has 1 fully saturated rings. The van der Waals surface area contributed by atoms with E-state index in [9.17, 15) is 0 Å². The lowest BCUT2D eigenvalue weighted by atomic mass is 9.91. The number of rotatable bonds is 4. The first kappa shape index (κ1) is 12.6. The molecule has 1 saturated carbocycles. The first-order valence-electron chi connectivity index (χ1n) is 6.74. The molecule has 0 aromatic heterocycles. The van der Waals surface area contributed by atoms with E-state index in [1.807, 2.05) is 0 Å². The van der Waals surface area contributed by atoms with E-state index in [4.69, 9.17) is 5.84 Å². The Morgan fingerprint density at radius 3 is 2.59 bits per heavy atom. The van der Waals surface area contributed by atoms with Crippen molar-refractivity contribution < 1.29 is 0 Å². The monoisotopic (exact) mass is 232 g/mol. The second kappa shape index (κ2) is 5.65. The zero-order chi connectivity index (χ0) is 12.3. The zero-order valence-electron chi connectivity index (χ0n) is 11.0. The Hall–Kier alpha value is -0.860. The van der Waals surface area contributed by atoms with Crippen LogP contribution in [0, 0.1) is 19.8 Å². The number of nitrogens with two attached hydrogens (primary N) is 1. The minimum atomic E-state index is 0.318. The molecular weight excluding hydrogens is 208 g/mol. The average molecular weight is 232 g/mol. The second-order valence-corrected chi connectivity index (χ2v) is 5.47. The lowest BCUT2D eigenvalue weighted by molar-refractivity contribution is 0.399. The number of hydrogen-bond donors (Lipinski definition) is 2. The molecule has 1 aromatic rings. The summed E-state index contributed by atoms with van der Waals surface area (Å²) in [5, 5.41) is 0. The minimum absolute atomic E-state index is 0.318. The van der Waals surface area contributed by atoms with Crippen LogP contribution in [-0.2, 0) is 0 Å². The van der Waals surface area contributed by atoms with Gasteiger partial charge in [0.15, 0.2) is 0 Å². The van der Waals surface area contributed by atoms with Crippen molar-refractivity contribution in [1.82, 2.24) is 5.43 Å². The van der Waals surface area contributed by atoms with Crippen LogP contribution >= 0.6 is 0 Å². The van der Waals surface area contributed by atoms with Crippen LogP contribution in [0.4, 0.5) is 0 Å². The maximum atomic E-state index is 5.74. The van der Waals surface area contributed by atoms with Crippen LogP contribution in [-0.4, -0.2) is 0 Å². The molecule has 2 heteroatoms. The van der Waals surface area contributed by atoms with Gasteiger partial charge in [0.25, 0.3) is 0 Å². The van der Waals surface area contributed by atoms with Crippen LogP contribution in [0.25, 0.3) is 0 Å². The number of aryl methyl sites for hydroxylation is 2. The summed E-state index contributed by atoms with van der Waals surface area (Å²) >= 11 is 0. The molecule has 2 nitrogen and oxygen atoms in total. The summed E-state index contributed by atoms with van der Waals surface area (Å²) < 4.78 is 0. The number of nitrogens with one attached hydrogen (secondary N) is 1. The van der Waals surface area contributed by atoms with Gasteiger partial charge in [-0.3, -0.25) is 11.3 Å². The molecule has 3 N–H and O–H groups in total. The van der Waals surface area contributed by atoms with Crippen molar-refractivity contribution >= 4 is 0 Å². The third kappa shape index (κ3) is 3.08. The highest BCUT2D eigenvalue weighted by Gasteiger charge is 2.21. The maximum Gasteiger partial charge on any atom is 0.0465 e. The van der Waals surface area contributed by atoms with Gasteiger partial charge in [-0.25, -0.2) is 0 Å². The molecular formula is C15H24N2. The first-order valence-corrected chi connectivity index (χ1v) is 6.74. The predicted octanol–water partition coefficient (Wildman–Crippen LogP) is 3.39. The molecule has 0 amide bonds. The molecule has 1 aromatic carbocycles. The molecule has 0 bridgehead atoms. The molecule has 0 radical (unpaired) electrons. The fourth-order valence-electron chi connectivity index (χ4n) is 3.08. The predicted molar refractivity (Wildman–Crippen MR) is 72.6 cm³/mol. The summed E-state index contributed by atoms with van der Waals surface area (Å²) in [5.74, 6) is 6.60. The molecule has 1 aliphatic rings. The van der Waals surface area contributed by atoms with Crippen LogP contribution in [0.2, 0.25) is 0 Å². The van der Waals surface area contributed by atoms with E-state index in [1.54, 1.807) is 0 Å². The van der Waals surface area contributed by atoms with Crippen LogP contribution < -0.4 is 11.3 Å². The quantitative estimate of drug-likeness (QED) is 0.617. The van der Waals surface area contributed by atoms with Crippen LogP contribution in [0.5, 0.6) is 0 Å². The molecule has 1 unspecified atom stereocenters. The van der Waals surface area contributed by atoms with E-state index in [1.165, 1.54) is 48.8 Å². The standard InChI is InChI=1S/C15H24N2/c1-11-7-8-14(12(2)9-11)15(17-16)10-13-5-3-4-6-13/h7-9,13,15,17H,3-6,10,16H2,1-2H3. The summed E-state index contributed by atoms with van der Waals surface area (Å²) in [6, 6.07) is 6.97. The fourth-order valence-corrected chi connectivity index (χ4v) is 3.08. The van der Waals surface area contributed by atoms with Gasteiger partial charge in [-0.05, 0) is 37.3 Å². The SMILES string of the molecule is Cc1ccc(C(CC2CCCC2)NN)c(C)c1. The summed E-state index contributed by atoms with van der Waals surface area (Å²) in [6.45, 7) is 4.32. The molecule has 1 aliphatic carbocycles. The maximum absolute atomic E-state index is 5.74. The number of hydrogen-bond acceptors (Lipinski definition) is 2. The topological polar surface area (TPSA) is 38.0 Å². The van der Waals surface area contributed by atoms with Crippen LogP contribution in [0.3, 0.4) is 0 Å². The first-order chi connectivity index (χ1) is 8.20. The minimum Gasteiger partial charge on any atom is -0.271 e. The normalized spacial score (nSPS) is 18.5. The van der Waals surface area contributed by atoms with Gasteiger partial charge < -0.3 is 0 Å². The van der Waals surface area contributed by atoms with E-state index < -0.39 is 0 Å². The van der Waals surface area contributed by atoms with E-state index >= 15 is 0 Å². The highest BCUT2D eigenvalue weighted by Crippen LogP contribution is 2.33. The summed E-state index contributed by atoms with van der Waals surface area (Å²) in [4.78, 5) is 0. The van der Waals surface area contributed by atoms with Gasteiger partial charge in [0.05, 0.1) is 0 Å². The molecule has 94 valence electrons. The summed E-state index contributed by atoms with van der Waals surface area (Å²) in [7, 11) is 0. The van der Waals surface area contributed by atoms with Crippen LogP contribution in [0.15, 0.2) is 18.2 Å². The molecule has 0 heterocycles. The Balaban J connectivity index is 2.10. The van der Waals surface area contributed by atoms with Crippen molar-refractivity contribution in [2.45, 2.75) is 52.0 Å². The Labute approximate surface area is 105 Å². The van der Waals surface area contributed by atoms with Gasteiger partial charge in [-0.2, -0.15) is 0 Å². The van der Waals surface area contributed by atoms with Crippen molar-refractivity contribution in [2.24, 2.45) is 11.8 Å². The van der Waals surface area contributed by atoms with Crippen molar-refractivity contribution in [3.63, 3.8) is 0 Å². The molecule has 17 heavy (non-hydrogen) atoms. The summed E-state index contributed by atoms with van der Waals surface area (Å²) in [6.07, 6.45) is 6.73. The Kier molecular flexibility index (Phi) is 4.19. The van der Waals surface area contributed by atoms with Crippen molar-refractivity contribution in [3.05, 3.63) is 34.9 Å². The third-order valence-corrected chi connectivity index (χ3v) is 4.05. The number of hydrazine groups is 1. The van der Waals surface area contributed by atoms with Crippen molar-refractivity contribution in [1.29, 1.82) is 0 Å². The fraction of sp³-hybridized carbons (Fsp3) is 0.600. The Bertz CT molecular complexity index is 367. The van der Waals surface area contributed by atoms with Gasteiger partial charge in [-0.1, -0.05) is 49.4 Å². The largest absolute Gasteiger partial charge is 0.271 e. The zero-order valence-corrected chi connectivity index (χ0v) is 11.0. The molecule has 0 spiro atoms. The Morgan fingerprint density at radius 2 is 2.00 bits per heavy atom. The Morgan fingerprint density at radius 1 is 1.29 bits per heavy atom. The van der Waals surface area contributed by atoms with E-state index in [0.717, 1.165) is 5.92 Å². The summed E-state index contributed by atoms with van der Waals surface area (Å²) in [5.41, 5.74) is 7.05. The van der Waals surface area contributed by atoms with Gasteiger partial charge in [0.1, 0.15) is 0 Å². The smallest absolute Gasteiger partial charge is 0.0465 e. The van der Waals surface area contributed by atoms with E-state index in [0.29, 0.717) is 6.04 Å². The van der Waals surface area contributed by atoms with Crippen molar-refractivity contribution in [3.8, 4) is 0 Å². The molecule has 0 aliphatic heterocycles. The lowest BCUT2D eigenvalue weighted by Gasteiger charge is -2.22. The van der Waals surface area contributed by atoms with Gasteiger partial charge in [0.2, 0.25) is 0 Å². The molecule has 0 saturated heterocycles. The van der Waals surface area contributed by atoms with E-state index in [2.05, 4.69) is 37.5 Å². The highest BCUT2D eigenvalue weighted by atomic mass is 15.2. The second-order valence-electron chi connectivity index (χ2n) is 5.47. The van der Waals surface area contributed by atoms with Gasteiger partial charge in [0, 0.05) is 6.04 Å². The van der Waals surface area contributed by atoms with Gasteiger partial charge in [-0.15, -0.1) is 0 Å². The molecule has 2 rings (SSSR count). The lowest BCUT2D eigenvalue weighted by Crippen LogP contribution is -2.30. The molecule has 1 atom stereocenters. The van der Waals surface area contributed by atoms with Gasteiger partial charge >= 0.3 is 0 Å². The van der Waals surface area contributed by atoms with Crippen LogP contribution in [0.1, 0.15) is 54.8 Å². The van der Waals surface area contributed by atoms with Crippen molar-refractivity contribution in [2.75, 3.05) is 0 Å². The van der Waals surface area contributed by atoms with E-state index in [-0.39, 0.29) is 0 Å². The highest BCUT2D eigenvalue weighted by molar-refractivity contribution is 5.32. The third-order valence-electron chi connectivity index (χ3n) is 4.05. The average Bonchev–Trinajstić information content (AvgIpc) is 2.79. The number of benzene rings is 1.